The van der Waals surface area contributed by atoms with Crippen molar-refractivity contribution in [2.75, 3.05) is 19.0 Å². The van der Waals surface area contributed by atoms with Crippen LogP contribution in [0.3, 0.4) is 0 Å². The summed E-state index contributed by atoms with van der Waals surface area (Å²) >= 11 is 6.81. The van der Waals surface area contributed by atoms with E-state index in [0.717, 1.165) is 14.5 Å². The van der Waals surface area contributed by atoms with Gasteiger partial charge in [0.1, 0.15) is 11.5 Å². The normalized spacial score (nSPS) is 10.2. The molecular formula is C16H15Br2NO3. The molecule has 0 saturated carbocycles. The lowest BCUT2D eigenvalue weighted by atomic mass is 10.2. The predicted octanol–water partition coefficient (Wildman–Crippen LogP) is 4.55. The number of aryl methyl sites for hydroxylation is 1. The minimum Gasteiger partial charge on any atom is -0.497 e. The Morgan fingerprint density at radius 1 is 1.09 bits per heavy atom. The van der Waals surface area contributed by atoms with Gasteiger partial charge in [-0.25, -0.2) is 0 Å². The third-order valence-electron chi connectivity index (χ3n) is 2.91. The molecule has 0 fully saturated rings. The Hall–Kier alpha value is -1.53. The van der Waals surface area contributed by atoms with Crippen LogP contribution in [0.5, 0.6) is 11.5 Å². The van der Waals surface area contributed by atoms with Crippen LogP contribution in [0.2, 0.25) is 0 Å². The van der Waals surface area contributed by atoms with Gasteiger partial charge in [-0.1, -0.05) is 17.7 Å². The highest BCUT2D eigenvalue weighted by molar-refractivity contribution is 9.11. The standard InChI is InChI=1S/C16H15Br2NO3/c1-10-3-5-11(6-4-10)22-9-15(20)19-16-13(17)7-12(21-2)8-14(16)18/h3-8H,9H2,1-2H3,(H,19,20). The molecule has 6 heteroatoms. The summed E-state index contributed by atoms with van der Waals surface area (Å²) in [6.07, 6.45) is 0. The number of methoxy groups -OCH3 is 1. The third kappa shape index (κ3) is 4.48. The number of hydrogen-bond donors (Lipinski definition) is 1. The summed E-state index contributed by atoms with van der Waals surface area (Å²) in [6, 6.07) is 11.1. The minimum absolute atomic E-state index is 0.0615. The number of amides is 1. The zero-order valence-electron chi connectivity index (χ0n) is 12.2. The Kier molecular flexibility index (Phi) is 5.85. The molecule has 4 nitrogen and oxygen atoms in total. The summed E-state index contributed by atoms with van der Waals surface area (Å²) < 4.78 is 12.1. The van der Waals surface area contributed by atoms with Crippen LogP contribution in [0.1, 0.15) is 5.56 Å². The number of carbonyl (C=O) groups excluding carboxylic acids is 1. The fourth-order valence-electron chi connectivity index (χ4n) is 1.75. The molecule has 0 bridgehead atoms. The maximum absolute atomic E-state index is 12.0. The predicted molar refractivity (Wildman–Crippen MR) is 93.7 cm³/mol. The third-order valence-corrected chi connectivity index (χ3v) is 4.16. The van der Waals surface area contributed by atoms with Crippen molar-refractivity contribution >= 4 is 43.5 Å². The summed E-state index contributed by atoms with van der Waals surface area (Å²) in [5.74, 6) is 1.11. The van der Waals surface area contributed by atoms with Crippen molar-refractivity contribution in [1.29, 1.82) is 0 Å². The van der Waals surface area contributed by atoms with E-state index in [1.165, 1.54) is 0 Å². The molecule has 0 atom stereocenters. The smallest absolute Gasteiger partial charge is 0.262 e. The van der Waals surface area contributed by atoms with E-state index in [-0.39, 0.29) is 12.5 Å². The Balaban J connectivity index is 1.99. The molecule has 0 saturated heterocycles. The Morgan fingerprint density at radius 3 is 2.23 bits per heavy atom. The van der Waals surface area contributed by atoms with Crippen LogP contribution in [0, 0.1) is 6.92 Å². The number of carbonyl (C=O) groups is 1. The first kappa shape index (κ1) is 16.8. The van der Waals surface area contributed by atoms with Gasteiger partial charge in [0.05, 0.1) is 12.8 Å². The quantitative estimate of drug-likeness (QED) is 0.759. The lowest BCUT2D eigenvalue weighted by Crippen LogP contribution is -2.20. The number of halogens is 2. The van der Waals surface area contributed by atoms with Crippen LogP contribution >= 0.6 is 31.9 Å². The molecule has 0 aliphatic carbocycles. The van der Waals surface area contributed by atoms with E-state index < -0.39 is 0 Å². The highest BCUT2D eigenvalue weighted by atomic mass is 79.9. The topological polar surface area (TPSA) is 47.6 Å². The highest BCUT2D eigenvalue weighted by Crippen LogP contribution is 2.35. The van der Waals surface area contributed by atoms with Gasteiger partial charge in [-0.3, -0.25) is 4.79 Å². The first-order valence-corrected chi connectivity index (χ1v) is 8.10. The van der Waals surface area contributed by atoms with Crippen molar-refractivity contribution in [2.24, 2.45) is 0 Å². The van der Waals surface area contributed by atoms with Crippen LogP contribution in [0.15, 0.2) is 45.3 Å². The van der Waals surface area contributed by atoms with Gasteiger partial charge in [0.2, 0.25) is 0 Å². The average molecular weight is 429 g/mol. The second kappa shape index (κ2) is 7.65. The van der Waals surface area contributed by atoms with Crippen molar-refractivity contribution in [3.05, 3.63) is 50.9 Å². The molecule has 22 heavy (non-hydrogen) atoms. The van der Waals surface area contributed by atoms with Crippen molar-refractivity contribution < 1.29 is 14.3 Å². The van der Waals surface area contributed by atoms with E-state index in [4.69, 9.17) is 9.47 Å². The Morgan fingerprint density at radius 2 is 1.68 bits per heavy atom. The Bertz CT molecular complexity index is 649. The summed E-state index contributed by atoms with van der Waals surface area (Å²) in [6.45, 7) is 1.93. The molecule has 2 aromatic rings. The van der Waals surface area contributed by atoms with E-state index in [1.54, 1.807) is 19.2 Å². The van der Waals surface area contributed by atoms with Gasteiger partial charge in [-0.05, 0) is 63.0 Å². The molecule has 0 spiro atoms. The second-order valence-electron chi connectivity index (χ2n) is 4.62. The van der Waals surface area contributed by atoms with Crippen LogP contribution < -0.4 is 14.8 Å². The number of ether oxygens (including phenoxy) is 2. The summed E-state index contributed by atoms with van der Waals surface area (Å²) in [5.41, 5.74) is 1.78. The van der Waals surface area contributed by atoms with Crippen LogP contribution in [-0.4, -0.2) is 19.6 Å². The number of hydrogen-bond acceptors (Lipinski definition) is 3. The molecule has 2 rings (SSSR count). The van der Waals surface area contributed by atoms with E-state index in [2.05, 4.69) is 37.2 Å². The zero-order chi connectivity index (χ0) is 16.1. The minimum atomic E-state index is -0.243. The average Bonchev–Trinajstić information content (AvgIpc) is 2.50. The first-order chi connectivity index (χ1) is 10.5. The zero-order valence-corrected chi connectivity index (χ0v) is 15.3. The lowest BCUT2D eigenvalue weighted by molar-refractivity contribution is -0.118. The maximum atomic E-state index is 12.0. The molecule has 0 aromatic heterocycles. The van der Waals surface area contributed by atoms with Gasteiger partial charge in [-0.15, -0.1) is 0 Å². The lowest BCUT2D eigenvalue weighted by Gasteiger charge is -2.12. The van der Waals surface area contributed by atoms with Crippen molar-refractivity contribution in [3.63, 3.8) is 0 Å². The molecule has 0 heterocycles. The fraction of sp³-hybridized carbons (Fsp3) is 0.188. The van der Waals surface area contributed by atoms with Crippen molar-refractivity contribution in [3.8, 4) is 11.5 Å². The summed E-state index contributed by atoms with van der Waals surface area (Å²) in [4.78, 5) is 12.0. The SMILES string of the molecule is COc1cc(Br)c(NC(=O)COc2ccc(C)cc2)c(Br)c1. The molecule has 1 amide bonds. The van der Waals surface area contributed by atoms with Gasteiger partial charge in [0, 0.05) is 8.95 Å². The second-order valence-corrected chi connectivity index (χ2v) is 6.32. The van der Waals surface area contributed by atoms with Crippen LogP contribution in [0.25, 0.3) is 0 Å². The monoisotopic (exact) mass is 427 g/mol. The number of anilines is 1. The van der Waals surface area contributed by atoms with Crippen LogP contribution in [0.4, 0.5) is 5.69 Å². The molecule has 1 N–H and O–H groups in total. The Labute approximate surface area is 146 Å². The van der Waals surface area contributed by atoms with Gasteiger partial charge in [0.15, 0.2) is 6.61 Å². The van der Waals surface area contributed by atoms with Gasteiger partial charge < -0.3 is 14.8 Å². The molecule has 2 aromatic carbocycles. The van der Waals surface area contributed by atoms with E-state index in [1.807, 2.05) is 31.2 Å². The summed E-state index contributed by atoms with van der Waals surface area (Å²) in [5, 5.41) is 2.80. The molecule has 0 unspecified atom stereocenters. The molecule has 116 valence electrons. The van der Waals surface area contributed by atoms with E-state index >= 15 is 0 Å². The highest BCUT2D eigenvalue weighted by Gasteiger charge is 2.12. The van der Waals surface area contributed by atoms with Gasteiger partial charge in [0.25, 0.3) is 5.91 Å². The number of benzene rings is 2. The maximum Gasteiger partial charge on any atom is 0.262 e. The van der Waals surface area contributed by atoms with Crippen molar-refractivity contribution in [1.82, 2.24) is 0 Å². The van der Waals surface area contributed by atoms with Crippen LogP contribution in [-0.2, 0) is 4.79 Å². The molecule has 0 aliphatic rings. The largest absolute Gasteiger partial charge is 0.497 e. The number of rotatable bonds is 5. The van der Waals surface area contributed by atoms with E-state index in [0.29, 0.717) is 17.2 Å². The van der Waals surface area contributed by atoms with Crippen molar-refractivity contribution in [2.45, 2.75) is 6.92 Å². The molecular weight excluding hydrogens is 414 g/mol. The van der Waals surface area contributed by atoms with E-state index in [9.17, 15) is 4.79 Å². The number of nitrogens with one attached hydrogen (secondary N) is 1. The molecule has 0 aliphatic heterocycles. The van der Waals surface area contributed by atoms with Gasteiger partial charge in [-0.2, -0.15) is 0 Å². The fourth-order valence-corrected chi connectivity index (χ4v) is 3.09. The molecule has 0 radical (unpaired) electrons. The van der Waals surface area contributed by atoms with Gasteiger partial charge >= 0.3 is 0 Å². The first-order valence-electron chi connectivity index (χ1n) is 6.52. The summed E-state index contributed by atoms with van der Waals surface area (Å²) in [7, 11) is 1.59.